The zero-order valence-corrected chi connectivity index (χ0v) is 15.5. The standard InChI is InChI=1S/C18H26N8/c1-15-13-17(21-14-20-15)25-9-11-26(12-10-25)18-19-4-3-16(22-18)24-7-5-23(2)6-8-24/h3-4,13-14H,5-12H2,1-2H3. The number of aromatic nitrogens is 4. The maximum absolute atomic E-state index is 4.84. The van der Waals surface area contributed by atoms with Crippen LogP contribution in [0.1, 0.15) is 5.69 Å². The summed E-state index contributed by atoms with van der Waals surface area (Å²) in [6, 6.07) is 4.06. The first-order valence-corrected chi connectivity index (χ1v) is 9.24. The molecule has 0 unspecified atom stereocenters. The third-order valence-corrected chi connectivity index (χ3v) is 5.13. The highest BCUT2D eigenvalue weighted by atomic mass is 15.4. The molecule has 8 heteroatoms. The van der Waals surface area contributed by atoms with Crippen LogP contribution < -0.4 is 14.7 Å². The molecule has 0 radical (unpaired) electrons. The largest absolute Gasteiger partial charge is 0.354 e. The molecule has 0 aliphatic carbocycles. The van der Waals surface area contributed by atoms with Crippen molar-refractivity contribution in [3.63, 3.8) is 0 Å². The summed E-state index contributed by atoms with van der Waals surface area (Å²) in [5, 5.41) is 0. The van der Waals surface area contributed by atoms with Crippen LogP contribution in [0.3, 0.4) is 0 Å². The highest BCUT2D eigenvalue weighted by Crippen LogP contribution is 2.19. The fraction of sp³-hybridized carbons (Fsp3) is 0.556. The molecule has 0 bridgehead atoms. The Morgan fingerprint density at radius 1 is 0.769 bits per heavy atom. The maximum Gasteiger partial charge on any atom is 0.227 e. The Balaban J connectivity index is 1.41. The lowest BCUT2D eigenvalue weighted by molar-refractivity contribution is 0.312. The van der Waals surface area contributed by atoms with E-state index in [2.05, 4.69) is 41.6 Å². The fourth-order valence-corrected chi connectivity index (χ4v) is 3.45. The Morgan fingerprint density at radius 3 is 2.15 bits per heavy atom. The van der Waals surface area contributed by atoms with Crippen LogP contribution in [0.2, 0.25) is 0 Å². The molecule has 2 fully saturated rings. The summed E-state index contributed by atoms with van der Waals surface area (Å²) in [5.74, 6) is 2.88. The molecule has 2 aromatic heterocycles. The lowest BCUT2D eigenvalue weighted by atomic mass is 10.3. The van der Waals surface area contributed by atoms with E-state index in [9.17, 15) is 0 Å². The Morgan fingerprint density at radius 2 is 1.42 bits per heavy atom. The minimum Gasteiger partial charge on any atom is -0.354 e. The molecule has 8 nitrogen and oxygen atoms in total. The number of likely N-dealkylation sites (N-methyl/N-ethyl adjacent to an activating group) is 1. The van der Waals surface area contributed by atoms with Crippen molar-refractivity contribution < 1.29 is 0 Å². The molecule has 0 amide bonds. The molecular weight excluding hydrogens is 328 g/mol. The summed E-state index contributed by atoms with van der Waals surface area (Å²) in [6.45, 7) is 9.83. The van der Waals surface area contributed by atoms with Crippen LogP contribution in [0.5, 0.6) is 0 Å². The zero-order chi connectivity index (χ0) is 17.9. The Hall–Kier alpha value is -2.48. The highest BCUT2D eigenvalue weighted by Gasteiger charge is 2.22. The van der Waals surface area contributed by atoms with E-state index in [4.69, 9.17) is 4.98 Å². The number of piperazine rings is 2. The Bertz CT molecular complexity index is 735. The maximum atomic E-state index is 4.84. The second-order valence-electron chi connectivity index (χ2n) is 7.00. The molecule has 0 N–H and O–H groups in total. The van der Waals surface area contributed by atoms with E-state index in [-0.39, 0.29) is 0 Å². The van der Waals surface area contributed by atoms with E-state index < -0.39 is 0 Å². The third-order valence-electron chi connectivity index (χ3n) is 5.13. The van der Waals surface area contributed by atoms with Gasteiger partial charge in [-0.25, -0.2) is 15.0 Å². The van der Waals surface area contributed by atoms with Crippen molar-refractivity contribution in [2.45, 2.75) is 6.92 Å². The monoisotopic (exact) mass is 354 g/mol. The molecule has 0 spiro atoms. The molecule has 2 aromatic rings. The molecule has 4 heterocycles. The van der Waals surface area contributed by atoms with Crippen LogP contribution >= 0.6 is 0 Å². The topological polar surface area (TPSA) is 64.5 Å². The summed E-state index contributed by atoms with van der Waals surface area (Å²) in [6.07, 6.45) is 3.52. The molecule has 0 saturated carbocycles. The first-order valence-electron chi connectivity index (χ1n) is 9.24. The van der Waals surface area contributed by atoms with Gasteiger partial charge in [0.1, 0.15) is 18.0 Å². The summed E-state index contributed by atoms with van der Waals surface area (Å²) < 4.78 is 0. The Labute approximate surface area is 154 Å². The van der Waals surface area contributed by atoms with Crippen molar-refractivity contribution in [3.8, 4) is 0 Å². The number of aryl methyl sites for hydroxylation is 1. The number of hydrogen-bond donors (Lipinski definition) is 0. The van der Waals surface area contributed by atoms with Gasteiger partial charge in [0.2, 0.25) is 5.95 Å². The smallest absolute Gasteiger partial charge is 0.227 e. The van der Waals surface area contributed by atoms with Gasteiger partial charge in [-0.1, -0.05) is 0 Å². The van der Waals surface area contributed by atoms with Crippen molar-refractivity contribution in [2.24, 2.45) is 0 Å². The molecule has 4 rings (SSSR count). The van der Waals surface area contributed by atoms with Crippen LogP contribution in [-0.4, -0.2) is 84.2 Å². The quantitative estimate of drug-likeness (QED) is 0.796. The van der Waals surface area contributed by atoms with Crippen LogP contribution in [0.15, 0.2) is 24.7 Å². The molecule has 0 aromatic carbocycles. The van der Waals surface area contributed by atoms with Gasteiger partial charge in [-0.15, -0.1) is 0 Å². The molecule has 26 heavy (non-hydrogen) atoms. The van der Waals surface area contributed by atoms with Crippen molar-refractivity contribution in [3.05, 3.63) is 30.4 Å². The second-order valence-corrected chi connectivity index (χ2v) is 7.00. The summed E-state index contributed by atoms with van der Waals surface area (Å²) in [4.78, 5) is 27.2. The number of rotatable bonds is 3. The second kappa shape index (κ2) is 7.41. The predicted molar refractivity (Wildman–Crippen MR) is 103 cm³/mol. The van der Waals surface area contributed by atoms with Gasteiger partial charge in [0.15, 0.2) is 0 Å². The van der Waals surface area contributed by atoms with Gasteiger partial charge < -0.3 is 19.6 Å². The lowest BCUT2D eigenvalue weighted by Gasteiger charge is -2.36. The number of nitrogens with zero attached hydrogens (tertiary/aromatic N) is 8. The Kier molecular flexibility index (Phi) is 4.83. The minimum absolute atomic E-state index is 0.833. The third kappa shape index (κ3) is 3.70. The number of anilines is 3. The number of hydrogen-bond acceptors (Lipinski definition) is 8. The molecule has 138 valence electrons. The van der Waals surface area contributed by atoms with E-state index in [0.717, 1.165) is 75.6 Å². The van der Waals surface area contributed by atoms with Crippen LogP contribution in [0.25, 0.3) is 0 Å². The molecule has 2 aliphatic rings. The van der Waals surface area contributed by atoms with Gasteiger partial charge in [-0.05, 0) is 20.0 Å². The van der Waals surface area contributed by atoms with E-state index in [1.165, 1.54) is 0 Å². The fourth-order valence-electron chi connectivity index (χ4n) is 3.45. The molecule has 2 saturated heterocycles. The van der Waals surface area contributed by atoms with Gasteiger partial charge in [0, 0.05) is 70.3 Å². The molecule has 2 aliphatic heterocycles. The average Bonchev–Trinajstić information content (AvgIpc) is 2.69. The molecular formula is C18H26N8. The van der Waals surface area contributed by atoms with Gasteiger partial charge >= 0.3 is 0 Å². The lowest BCUT2D eigenvalue weighted by Crippen LogP contribution is -2.48. The van der Waals surface area contributed by atoms with E-state index in [0.29, 0.717) is 0 Å². The van der Waals surface area contributed by atoms with E-state index in [1.807, 2.05) is 25.3 Å². The predicted octanol–water partition coefficient (Wildman–Crippen LogP) is 0.653. The summed E-state index contributed by atoms with van der Waals surface area (Å²) in [5.41, 5.74) is 1.00. The van der Waals surface area contributed by atoms with Crippen molar-refractivity contribution in [1.29, 1.82) is 0 Å². The SMILES string of the molecule is Cc1cc(N2CCN(c3nccc(N4CCN(C)CC4)n3)CC2)ncn1. The highest BCUT2D eigenvalue weighted by molar-refractivity contribution is 5.46. The molecule has 0 atom stereocenters. The first-order chi connectivity index (χ1) is 12.7. The zero-order valence-electron chi connectivity index (χ0n) is 15.5. The van der Waals surface area contributed by atoms with Crippen LogP contribution in [0, 0.1) is 6.92 Å². The summed E-state index contributed by atoms with van der Waals surface area (Å²) >= 11 is 0. The van der Waals surface area contributed by atoms with Gasteiger partial charge in [-0.2, -0.15) is 4.98 Å². The van der Waals surface area contributed by atoms with Crippen LogP contribution in [0.4, 0.5) is 17.6 Å². The van der Waals surface area contributed by atoms with E-state index >= 15 is 0 Å². The normalized spacial score (nSPS) is 19.1. The first kappa shape index (κ1) is 17.0. The van der Waals surface area contributed by atoms with E-state index in [1.54, 1.807) is 6.33 Å². The van der Waals surface area contributed by atoms with Crippen molar-refractivity contribution in [1.82, 2.24) is 24.8 Å². The van der Waals surface area contributed by atoms with Crippen molar-refractivity contribution >= 4 is 17.6 Å². The summed E-state index contributed by atoms with van der Waals surface area (Å²) in [7, 11) is 2.17. The van der Waals surface area contributed by atoms with Gasteiger partial charge in [0.05, 0.1) is 0 Å². The average molecular weight is 354 g/mol. The minimum atomic E-state index is 0.833. The van der Waals surface area contributed by atoms with Gasteiger partial charge in [-0.3, -0.25) is 0 Å². The van der Waals surface area contributed by atoms with Crippen molar-refractivity contribution in [2.75, 3.05) is 74.1 Å². The van der Waals surface area contributed by atoms with Gasteiger partial charge in [0.25, 0.3) is 0 Å². The van der Waals surface area contributed by atoms with Crippen LogP contribution in [-0.2, 0) is 0 Å².